The third-order valence-electron chi connectivity index (χ3n) is 4.50. The van der Waals surface area contributed by atoms with Gasteiger partial charge in [-0.25, -0.2) is 21.6 Å². The SMILES string of the molecule is CCCS(=O)(=O)Nc1cccc(NC(=O)/C=C/c2ccc(OC)c(S(=O)(=O)NC)c2)c1C. The van der Waals surface area contributed by atoms with E-state index in [1.807, 2.05) is 0 Å². The highest BCUT2D eigenvalue weighted by atomic mass is 32.2. The second kappa shape index (κ2) is 10.6. The highest BCUT2D eigenvalue weighted by molar-refractivity contribution is 7.92. The quantitative estimate of drug-likeness (QED) is 0.447. The van der Waals surface area contributed by atoms with Crippen LogP contribution in [-0.4, -0.2) is 42.7 Å². The van der Waals surface area contributed by atoms with Gasteiger partial charge >= 0.3 is 0 Å². The second-order valence-electron chi connectivity index (χ2n) is 6.84. The Morgan fingerprint density at radius 2 is 1.78 bits per heavy atom. The monoisotopic (exact) mass is 481 g/mol. The molecular weight excluding hydrogens is 454 g/mol. The van der Waals surface area contributed by atoms with Crippen molar-refractivity contribution in [3.63, 3.8) is 0 Å². The zero-order chi connectivity index (χ0) is 23.9. The molecule has 2 aromatic carbocycles. The van der Waals surface area contributed by atoms with E-state index in [9.17, 15) is 21.6 Å². The van der Waals surface area contributed by atoms with Crippen LogP contribution in [0.4, 0.5) is 11.4 Å². The van der Waals surface area contributed by atoms with Crippen molar-refractivity contribution >= 4 is 43.4 Å². The first-order chi connectivity index (χ1) is 15.0. The van der Waals surface area contributed by atoms with E-state index in [0.29, 0.717) is 28.9 Å². The maximum atomic E-state index is 12.4. The number of carbonyl (C=O) groups excluding carboxylic acids is 1. The van der Waals surface area contributed by atoms with E-state index in [1.54, 1.807) is 38.1 Å². The Hall–Kier alpha value is -2.89. The van der Waals surface area contributed by atoms with E-state index < -0.39 is 26.0 Å². The van der Waals surface area contributed by atoms with Crippen molar-refractivity contribution in [1.29, 1.82) is 0 Å². The van der Waals surface area contributed by atoms with Crippen molar-refractivity contribution in [2.24, 2.45) is 0 Å². The lowest BCUT2D eigenvalue weighted by atomic mass is 10.1. The molecule has 0 fully saturated rings. The van der Waals surface area contributed by atoms with Gasteiger partial charge in [0, 0.05) is 11.8 Å². The Kier molecular flexibility index (Phi) is 8.42. The molecule has 0 radical (unpaired) electrons. The number of ether oxygens (including phenoxy) is 1. The standard InChI is InChI=1S/C21H27N3O6S2/c1-5-13-31(26,27)24-18-8-6-7-17(15(18)2)23-21(25)12-10-16-9-11-19(30-4)20(14-16)32(28,29)22-3/h6-12,14,22,24H,5,13H2,1-4H3,(H,23,25)/b12-10+. The molecule has 0 atom stereocenters. The maximum absolute atomic E-state index is 12.4. The summed E-state index contributed by atoms with van der Waals surface area (Å²) in [6, 6.07) is 9.42. The third kappa shape index (κ3) is 6.55. The summed E-state index contributed by atoms with van der Waals surface area (Å²) in [6.45, 7) is 3.47. The zero-order valence-corrected chi connectivity index (χ0v) is 19.9. The molecule has 3 N–H and O–H groups in total. The van der Waals surface area contributed by atoms with Gasteiger partial charge in [-0.1, -0.05) is 19.1 Å². The van der Waals surface area contributed by atoms with Crippen molar-refractivity contribution in [2.45, 2.75) is 25.2 Å². The van der Waals surface area contributed by atoms with Crippen LogP contribution < -0.4 is 19.5 Å². The topological polar surface area (TPSA) is 131 Å². The number of methoxy groups -OCH3 is 1. The predicted octanol–water partition coefficient (Wildman–Crippen LogP) is 2.72. The fraction of sp³-hybridized carbons (Fsp3) is 0.286. The number of anilines is 2. The van der Waals surface area contributed by atoms with Crippen molar-refractivity contribution in [1.82, 2.24) is 4.72 Å². The number of sulfonamides is 2. The Morgan fingerprint density at radius 1 is 1.09 bits per heavy atom. The van der Waals surface area contributed by atoms with Crippen LogP contribution in [0.5, 0.6) is 5.75 Å². The zero-order valence-electron chi connectivity index (χ0n) is 18.3. The fourth-order valence-corrected chi connectivity index (χ4v) is 4.96. The highest BCUT2D eigenvalue weighted by Crippen LogP contribution is 2.26. The normalized spacial score (nSPS) is 12.0. The summed E-state index contributed by atoms with van der Waals surface area (Å²) in [7, 11) is -4.55. The summed E-state index contributed by atoms with van der Waals surface area (Å²) in [4.78, 5) is 12.4. The molecular formula is C21H27N3O6S2. The van der Waals surface area contributed by atoms with Crippen LogP contribution in [0.25, 0.3) is 6.08 Å². The van der Waals surface area contributed by atoms with Crippen LogP contribution in [0.2, 0.25) is 0 Å². The minimum atomic E-state index is -3.75. The summed E-state index contributed by atoms with van der Waals surface area (Å²) in [5.41, 5.74) is 1.88. The minimum Gasteiger partial charge on any atom is -0.495 e. The van der Waals surface area contributed by atoms with Gasteiger partial charge in [-0.05, 0) is 61.9 Å². The van der Waals surface area contributed by atoms with Crippen molar-refractivity contribution in [2.75, 3.05) is 29.9 Å². The number of rotatable bonds is 10. The Bertz CT molecular complexity index is 1220. The smallest absolute Gasteiger partial charge is 0.248 e. The van der Waals surface area contributed by atoms with Gasteiger partial charge in [-0.2, -0.15) is 0 Å². The van der Waals surface area contributed by atoms with Crippen LogP contribution in [-0.2, 0) is 24.8 Å². The van der Waals surface area contributed by atoms with E-state index >= 15 is 0 Å². The van der Waals surface area contributed by atoms with Gasteiger partial charge in [-0.15, -0.1) is 0 Å². The van der Waals surface area contributed by atoms with Gasteiger partial charge in [0.2, 0.25) is 26.0 Å². The predicted molar refractivity (Wildman–Crippen MR) is 126 cm³/mol. The molecule has 11 heteroatoms. The second-order valence-corrected chi connectivity index (χ2v) is 10.5. The molecule has 0 aliphatic rings. The first kappa shape index (κ1) is 25.4. The van der Waals surface area contributed by atoms with E-state index in [-0.39, 0.29) is 16.4 Å². The van der Waals surface area contributed by atoms with Gasteiger partial charge in [-0.3, -0.25) is 9.52 Å². The first-order valence-corrected chi connectivity index (χ1v) is 12.9. The van der Waals surface area contributed by atoms with Gasteiger partial charge < -0.3 is 10.1 Å². The molecule has 0 aromatic heterocycles. The van der Waals surface area contributed by atoms with Gasteiger partial charge in [0.1, 0.15) is 10.6 Å². The van der Waals surface area contributed by atoms with Crippen LogP contribution in [0.1, 0.15) is 24.5 Å². The lowest BCUT2D eigenvalue weighted by Gasteiger charge is -2.13. The summed E-state index contributed by atoms with van der Waals surface area (Å²) >= 11 is 0. The van der Waals surface area contributed by atoms with Crippen LogP contribution in [0, 0.1) is 6.92 Å². The molecule has 0 saturated carbocycles. The molecule has 0 bridgehead atoms. The number of nitrogens with one attached hydrogen (secondary N) is 3. The van der Waals surface area contributed by atoms with Gasteiger partial charge in [0.05, 0.1) is 18.6 Å². The van der Waals surface area contributed by atoms with Crippen LogP contribution in [0.3, 0.4) is 0 Å². The summed E-state index contributed by atoms with van der Waals surface area (Å²) in [5, 5.41) is 2.70. The average Bonchev–Trinajstić information content (AvgIpc) is 2.74. The molecule has 174 valence electrons. The third-order valence-corrected chi connectivity index (χ3v) is 7.42. The Balaban J connectivity index is 2.22. The number of hydrogen-bond acceptors (Lipinski definition) is 6. The summed E-state index contributed by atoms with van der Waals surface area (Å²) in [6.07, 6.45) is 3.20. The van der Waals surface area contributed by atoms with Crippen LogP contribution >= 0.6 is 0 Å². The highest BCUT2D eigenvalue weighted by Gasteiger charge is 2.18. The number of benzene rings is 2. The molecule has 0 saturated heterocycles. The Labute approximate surface area is 189 Å². The van der Waals surface area contributed by atoms with Crippen molar-refractivity contribution < 1.29 is 26.4 Å². The lowest BCUT2D eigenvalue weighted by molar-refractivity contribution is -0.111. The summed E-state index contributed by atoms with van der Waals surface area (Å²) < 4.78 is 58.3. The van der Waals surface area contributed by atoms with E-state index in [1.165, 1.54) is 38.4 Å². The molecule has 0 unspecified atom stereocenters. The largest absolute Gasteiger partial charge is 0.495 e. The average molecular weight is 482 g/mol. The molecule has 2 aromatic rings. The molecule has 9 nitrogen and oxygen atoms in total. The number of hydrogen-bond donors (Lipinski definition) is 3. The minimum absolute atomic E-state index is 0.00111. The van der Waals surface area contributed by atoms with Crippen molar-refractivity contribution in [3.05, 3.63) is 53.6 Å². The van der Waals surface area contributed by atoms with Gasteiger partial charge in [0.25, 0.3) is 0 Å². The molecule has 32 heavy (non-hydrogen) atoms. The lowest BCUT2D eigenvalue weighted by Crippen LogP contribution is -2.19. The maximum Gasteiger partial charge on any atom is 0.248 e. The fourth-order valence-electron chi connectivity index (χ4n) is 2.83. The summed E-state index contributed by atoms with van der Waals surface area (Å²) in [5.74, 6) is -0.284. The first-order valence-electron chi connectivity index (χ1n) is 9.73. The molecule has 0 heterocycles. The van der Waals surface area contributed by atoms with Gasteiger partial charge in [0.15, 0.2) is 0 Å². The number of amides is 1. The van der Waals surface area contributed by atoms with E-state index in [4.69, 9.17) is 4.74 Å². The molecule has 0 aliphatic carbocycles. The van der Waals surface area contributed by atoms with E-state index in [2.05, 4.69) is 14.8 Å². The van der Waals surface area contributed by atoms with Crippen molar-refractivity contribution in [3.8, 4) is 5.75 Å². The Morgan fingerprint density at radius 3 is 2.41 bits per heavy atom. The molecule has 2 rings (SSSR count). The number of carbonyl (C=O) groups is 1. The molecule has 0 spiro atoms. The molecule has 1 amide bonds. The van der Waals surface area contributed by atoms with E-state index in [0.717, 1.165) is 0 Å². The van der Waals surface area contributed by atoms with Crippen LogP contribution in [0.15, 0.2) is 47.4 Å². The molecule has 0 aliphatic heterocycles.